The lowest BCUT2D eigenvalue weighted by atomic mass is 10.0. The van der Waals surface area contributed by atoms with Gasteiger partial charge >= 0.3 is 6.09 Å². The minimum absolute atomic E-state index is 0.353. The third kappa shape index (κ3) is 4.85. The number of carbonyl (C=O) groups excluding carboxylic acids is 1. The Morgan fingerprint density at radius 3 is 2.71 bits per heavy atom. The van der Waals surface area contributed by atoms with Crippen LogP contribution >= 0.6 is 0 Å². The fourth-order valence-electron chi connectivity index (χ4n) is 4.33. The monoisotopic (exact) mass is 473 g/mol. The van der Waals surface area contributed by atoms with E-state index < -0.39 is 6.09 Å². The molecule has 0 saturated heterocycles. The molecule has 1 amide bonds. The van der Waals surface area contributed by atoms with Crippen LogP contribution in [-0.4, -0.2) is 46.1 Å². The van der Waals surface area contributed by atoms with Gasteiger partial charge in [-0.3, -0.25) is 4.90 Å². The zero-order valence-corrected chi connectivity index (χ0v) is 19.1. The first-order valence-electron chi connectivity index (χ1n) is 11.2. The van der Waals surface area contributed by atoms with E-state index >= 15 is 0 Å². The number of benzene rings is 2. The van der Waals surface area contributed by atoms with Gasteiger partial charge in [0.15, 0.2) is 0 Å². The van der Waals surface area contributed by atoms with Gasteiger partial charge in [0, 0.05) is 36.3 Å². The van der Waals surface area contributed by atoms with E-state index in [1.54, 1.807) is 25.3 Å². The number of nitrogens with one attached hydrogen (secondary N) is 1. The molecule has 9 heteroatoms. The molecule has 0 bridgehead atoms. The Labute approximate surface area is 201 Å². The first-order chi connectivity index (χ1) is 17.0. The molecule has 3 heterocycles. The second-order valence-corrected chi connectivity index (χ2v) is 8.29. The number of carbonyl (C=O) groups is 1. The highest BCUT2D eigenvalue weighted by Crippen LogP contribution is 2.35. The Kier molecular flexibility index (Phi) is 6.15. The molecule has 2 aromatic carbocycles. The number of fused-ring (bicyclic) bond motifs is 1. The third-order valence-corrected chi connectivity index (χ3v) is 6.03. The van der Waals surface area contributed by atoms with Crippen molar-refractivity contribution in [3.05, 3.63) is 78.0 Å². The fraction of sp³-hybridized carbons (Fsp3) is 0.192. The summed E-state index contributed by atoms with van der Waals surface area (Å²) in [6.07, 6.45) is 3.71. The lowest BCUT2D eigenvalue weighted by Gasteiger charge is -2.26. The van der Waals surface area contributed by atoms with E-state index in [2.05, 4.69) is 25.9 Å². The Bertz CT molecular complexity index is 1410. The SMILES string of the molecule is COc1ccc(F)cc1-c1ncnc2[nH]c(C3=CCN(Cc4ccc(OC(N)=O)cc4)CC3)cc12. The number of aromatic nitrogens is 3. The van der Waals surface area contributed by atoms with Gasteiger partial charge in [0.25, 0.3) is 0 Å². The number of hydrogen-bond donors (Lipinski definition) is 2. The van der Waals surface area contributed by atoms with Crippen LogP contribution in [0.4, 0.5) is 9.18 Å². The average Bonchev–Trinajstić information content (AvgIpc) is 3.30. The van der Waals surface area contributed by atoms with Gasteiger partial charge < -0.3 is 20.2 Å². The molecule has 3 N–H and O–H groups in total. The molecule has 178 valence electrons. The van der Waals surface area contributed by atoms with Crippen LogP contribution < -0.4 is 15.2 Å². The molecule has 0 spiro atoms. The second-order valence-electron chi connectivity index (χ2n) is 8.29. The number of nitrogens with zero attached hydrogens (tertiary/aromatic N) is 3. The molecule has 1 aliphatic rings. The number of nitrogens with two attached hydrogens (primary N) is 1. The number of rotatable bonds is 6. The molecule has 0 radical (unpaired) electrons. The number of aromatic amines is 1. The summed E-state index contributed by atoms with van der Waals surface area (Å²) in [5.74, 6) is 0.628. The van der Waals surface area contributed by atoms with Crippen LogP contribution in [0, 0.1) is 5.82 Å². The molecule has 8 nitrogen and oxygen atoms in total. The van der Waals surface area contributed by atoms with E-state index in [9.17, 15) is 9.18 Å². The molecule has 0 fully saturated rings. The Morgan fingerprint density at radius 1 is 1.17 bits per heavy atom. The maximum Gasteiger partial charge on any atom is 0.409 e. The number of hydrogen-bond acceptors (Lipinski definition) is 6. The minimum Gasteiger partial charge on any atom is -0.496 e. The van der Waals surface area contributed by atoms with Crippen molar-refractivity contribution in [1.82, 2.24) is 19.9 Å². The van der Waals surface area contributed by atoms with Gasteiger partial charge in [0.05, 0.1) is 12.8 Å². The van der Waals surface area contributed by atoms with E-state index in [1.165, 1.54) is 24.0 Å². The molecular formula is C26H24FN5O3. The smallest absolute Gasteiger partial charge is 0.409 e. The molecule has 4 aromatic rings. The quantitative estimate of drug-likeness (QED) is 0.427. The molecule has 0 atom stereocenters. The average molecular weight is 474 g/mol. The maximum absolute atomic E-state index is 14.0. The normalized spacial score (nSPS) is 14.1. The lowest BCUT2D eigenvalue weighted by molar-refractivity contribution is 0.211. The van der Waals surface area contributed by atoms with Gasteiger partial charge in [0.1, 0.15) is 29.3 Å². The van der Waals surface area contributed by atoms with Crippen LogP contribution in [0.25, 0.3) is 27.9 Å². The number of amides is 1. The van der Waals surface area contributed by atoms with Crippen molar-refractivity contribution in [2.75, 3.05) is 20.2 Å². The highest BCUT2D eigenvalue weighted by atomic mass is 19.1. The maximum atomic E-state index is 14.0. The Hall–Kier alpha value is -4.24. The fourth-order valence-corrected chi connectivity index (χ4v) is 4.33. The minimum atomic E-state index is -0.823. The zero-order valence-electron chi connectivity index (χ0n) is 19.1. The van der Waals surface area contributed by atoms with E-state index in [-0.39, 0.29) is 5.82 Å². The Balaban J connectivity index is 1.34. The molecule has 2 aromatic heterocycles. The number of ether oxygens (including phenoxy) is 2. The summed E-state index contributed by atoms with van der Waals surface area (Å²) in [6.45, 7) is 2.46. The first-order valence-corrected chi connectivity index (χ1v) is 11.2. The van der Waals surface area contributed by atoms with Crippen LogP contribution in [0.15, 0.2) is 60.9 Å². The standard InChI is InChI=1S/C26H24FN5O3/c1-34-23-7-4-18(27)12-20(23)24-21-13-22(31-25(21)30-15-29-24)17-8-10-32(11-9-17)14-16-2-5-19(6-3-16)35-26(28)33/h2-8,12-13,15H,9-11,14H2,1H3,(H2,28,33)(H,29,30,31). The van der Waals surface area contributed by atoms with Crippen molar-refractivity contribution in [3.8, 4) is 22.8 Å². The predicted molar refractivity (Wildman–Crippen MR) is 130 cm³/mol. The van der Waals surface area contributed by atoms with Crippen molar-refractivity contribution in [3.63, 3.8) is 0 Å². The molecular weight excluding hydrogens is 449 g/mol. The molecule has 1 aliphatic heterocycles. The summed E-state index contributed by atoms with van der Waals surface area (Å²) < 4.78 is 24.3. The lowest BCUT2D eigenvalue weighted by Crippen LogP contribution is -2.28. The topological polar surface area (TPSA) is 106 Å². The summed E-state index contributed by atoms with van der Waals surface area (Å²) in [5, 5.41) is 0.813. The highest BCUT2D eigenvalue weighted by molar-refractivity contribution is 5.94. The van der Waals surface area contributed by atoms with Crippen LogP contribution in [0.2, 0.25) is 0 Å². The zero-order chi connectivity index (χ0) is 24.4. The summed E-state index contributed by atoms with van der Waals surface area (Å²) in [6, 6.07) is 13.7. The number of methoxy groups -OCH3 is 1. The van der Waals surface area contributed by atoms with E-state index in [0.717, 1.165) is 42.7 Å². The van der Waals surface area contributed by atoms with Crippen LogP contribution in [0.1, 0.15) is 17.7 Å². The molecule has 35 heavy (non-hydrogen) atoms. The van der Waals surface area contributed by atoms with Crippen LogP contribution in [0.3, 0.4) is 0 Å². The molecule has 0 aliphatic carbocycles. The number of primary amides is 1. The number of H-pyrrole nitrogens is 1. The van der Waals surface area contributed by atoms with Crippen molar-refractivity contribution in [1.29, 1.82) is 0 Å². The largest absolute Gasteiger partial charge is 0.496 e. The highest BCUT2D eigenvalue weighted by Gasteiger charge is 2.18. The molecule has 0 saturated carbocycles. The first kappa shape index (κ1) is 22.5. The third-order valence-electron chi connectivity index (χ3n) is 6.03. The van der Waals surface area contributed by atoms with Gasteiger partial charge in [-0.2, -0.15) is 0 Å². The van der Waals surface area contributed by atoms with Gasteiger partial charge in [-0.15, -0.1) is 0 Å². The number of halogens is 1. The van der Waals surface area contributed by atoms with Crippen LogP contribution in [0.5, 0.6) is 11.5 Å². The van der Waals surface area contributed by atoms with Crippen molar-refractivity contribution < 1.29 is 18.7 Å². The van der Waals surface area contributed by atoms with Gasteiger partial charge in [-0.05, 0) is 54.0 Å². The Morgan fingerprint density at radius 2 is 2.00 bits per heavy atom. The van der Waals surface area contributed by atoms with Gasteiger partial charge in [-0.25, -0.2) is 19.2 Å². The van der Waals surface area contributed by atoms with Crippen molar-refractivity contribution >= 4 is 22.7 Å². The van der Waals surface area contributed by atoms with Crippen molar-refractivity contribution in [2.45, 2.75) is 13.0 Å². The van der Waals surface area contributed by atoms with Gasteiger partial charge in [-0.1, -0.05) is 18.2 Å². The van der Waals surface area contributed by atoms with Crippen molar-refractivity contribution in [2.24, 2.45) is 5.73 Å². The predicted octanol–water partition coefficient (Wildman–Crippen LogP) is 4.52. The summed E-state index contributed by atoms with van der Waals surface area (Å²) in [4.78, 5) is 25.4. The summed E-state index contributed by atoms with van der Waals surface area (Å²) in [7, 11) is 1.56. The van der Waals surface area contributed by atoms with E-state index in [1.807, 2.05) is 18.2 Å². The van der Waals surface area contributed by atoms with Crippen LogP contribution in [-0.2, 0) is 6.54 Å². The second kappa shape index (κ2) is 9.55. The summed E-state index contributed by atoms with van der Waals surface area (Å²) >= 11 is 0. The van der Waals surface area contributed by atoms with Gasteiger partial charge in [0.2, 0.25) is 0 Å². The summed E-state index contributed by atoms with van der Waals surface area (Å²) in [5.41, 5.74) is 10.2. The molecule has 0 unspecified atom stereocenters. The van der Waals surface area contributed by atoms with E-state index in [4.69, 9.17) is 15.2 Å². The molecule has 5 rings (SSSR count). The van der Waals surface area contributed by atoms with E-state index in [0.29, 0.717) is 28.4 Å².